The molecule has 4 nitrogen and oxygen atoms in total. The second-order valence-corrected chi connectivity index (χ2v) is 6.66. The number of thiazole rings is 1. The van der Waals surface area contributed by atoms with Gasteiger partial charge in [-0.2, -0.15) is 0 Å². The number of para-hydroxylation sites is 1. The van der Waals surface area contributed by atoms with Crippen molar-refractivity contribution in [3.05, 3.63) is 53.1 Å². The van der Waals surface area contributed by atoms with Crippen LogP contribution in [0.3, 0.4) is 0 Å². The molecule has 1 heterocycles. The summed E-state index contributed by atoms with van der Waals surface area (Å²) in [5, 5.41) is 3.87. The van der Waals surface area contributed by atoms with Crippen molar-refractivity contribution in [2.45, 2.75) is 20.8 Å². The van der Waals surface area contributed by atoms with Gasteiger partial charge in [0.15, 0.2) is 10.9 Å². The van der Waals surface area contributed by atoms with Gasteiger partial charge in [-0.15, -0.1) is 0 Å². The minimum atomic E-state index is 0.0578. The smallest absolute Gasteiger partial charge is 0.184 e. The van der Waals surface area contributed by atoms with Crippen LogP contribution in [0.2, 0.25) is 0 Å². The highest BCUT2D eigenvalue weighted by Crippen LogP contribution is 2.32. The number of fused-ring (bicyclic) bond motifs is 1. The number of aromatic nitrogens is 1. The lowest BCUT2D eigenvalue weighted by atomic mass is 10.0. The summed E-state index contributed by atoms with van der Waals surface area (Å²) in [6, 6.07) is 11.7. The summed E-state index contributed by atoms with van der Waals surface area (Å²) in [5.74, 6) is 0.835. The Balaban J connectivity index is 1.74. The molecule has 0 saturated carbocycles. The zero-order valence-electron chi connectivity index (χ0n) is 14.1. The number of benzene rings is 2. The van der Waals surface area contributed by atoms with E-state index in [-0.39, 0.29) is 12.3 Å². The minimum absolute atomic E-state index is 0.0578. The van der Waals surface area contributed by atoms with Crippen molar-refractivity contribution in [1.82, 2.24) is 4.98 Å². The number of nitrogens with zero attached hydrogens (tertiary/aromatic N) is 1. The van der Waals surface area contributed by atoms with E-state index in [1.165, 1.54) is 16.9 Å². The van der Waals surface area contributed by atoms with Crippen LogP contribution in [-0.4, -0.2) is 23.9 Å². The molecule has 1 aromatic heterocycles. The van der Waals surface area contributed by atoms with E-state index in [1.807, 2.05) is 57.2 Å². The predicted molar refractivity (Wildman–Crippen MR) is 99.5 cm³/mol. The number of hydrogen-bond donors (Lipinski definition) is 1. The maximum atomic E-state index is 12.4. The lowest BCUT2D eigenvalue weighted by Gasteiger charge is -2.05. The Morgan fingerprint density at radius 2 is 2.04 bits per heavy atom. The van der Waals surface area contributed by atoms with Gasteiger partial charge in [-0.3, -0.25) is 4.79 Å². The Morgan fingerprint density at radius 3 is 2.79 bits per heavy atom. The summed E-state index contributed by atoms with van der Waals surface area (Å²) in [7, 11) is 0. The molecular weight excluding hydrogens is 320 g/mol. The van der Waals surface area contributed by atoms with Crippen LogP contribution >= 0.6 is 11.3 Å². The largest absolute Gasteiger partial charge is 0.492 e. The van der Waals surface area contributed by atoms with Crippen molar-refractivity contribution in [2.24, 2.45) is 0 Å². The number of Topliss-reactive ketones (excluding diaryl/α,β-unsaturated/α-hetero) is 1. The van der Waals surface area contributed by atoms with E-state index in [9.17, 15) is 4.79 Å². The molecule has 5 heteroatoms. The Hall–Kier alpha value is -2.40. The standard InChI is InChI=1S/C19H20N2O2S/c1-4-23-16-6-5-7-17-18(16)21-19(24-17)20-11-15(22)14-9-8-12(2)13(3)10-14/h5-10H,4,11H2,1-3H3,(H,20,21). The molecule has 0 fully saturated rings. The van der Waals surface area contributed by atoms with E-state index >= 15 is 0 Å². The molecule has 24 heavy (non-hydrogen) atoms. The molecular formula is C19H20N2O2S. The normalized spacial score (nSPS) is 10.8. The van der Waals surface area contributed by atoms with E-state index in [0.29, 0.717) is 6.61 Å². The molecule has 124 valence electrons. The average molecular weight is 340 g/mol. The van der Waals surface area contributed by atoms with Gasteiger partial charge in [-0.05, 0) is 50.1 Å². The van der Waals surface area contributed by atoms with Crippen molar-refractivity contribution < 1.29 is 9.53 Å². The second-order valence-electron chi connectivity index (χ2n) is 5.63. The van der Waals surface area contributed by atoms with E-state index in [4.69, 9.17) is 4.74 Å². The Morgan fingerprint density at radius 1 is 1.21 bits per heavy atom. The number of nitrogens with one attached hydrogen (secondary N) is 1. The maximum Gasteiger partial charge on any atom is 0.184 e. The fraction of sp³-hybridized carbons (Fsp3) is 0.263. The number of carbonyl (C=O) groups excluding carboxylic acids is 1. The van der Waals surface area contributed by atoms with Crippen LogP contribution in [0.1, 0.15) is 28.4 Å². The summed E-state index contributed by atoms with van der Waals surface area (Å²) in [5.41, 5.74) is 3.88. The fourth-order valence-corrected chi connectivity index (χ4v) is 3.32. The number of anilines is 1. The Labute approximate surface area is 145 Å². The van der Waals surface area contributed by atoms with Crippen LogP contribution in [0.15, 0.2) is 36.4 Å². The van der Waals surface area contributed by atoms with Crippen molar-refractivity contribution in [3.8, 4) is 5.75 Å². The number of ether oxygens (including phenoxy) is 1. The molecule has 0 amide bonds. The first-order valence-corrected chi connectivity index (χ1v) is 8.77. The SMILES string of the molecule is CCOc1cccc2sc(NCC(=O)c3ccc(C)c(C)c3)nc12. The quantitative estimate of drug-likeness (QED) is 0.666. The molecule has 0 spiro atoms. The molecule has 1 N–H and O–H groups in total. The van der Waals surface area contributed by atoms with Gasteiger partial charge in [-0.1, -0.05) is 29.5 Å². The first-order valence-electron chi connectivity index (χ1n) is 7.95. The zero-order valence-corrected chi connectivity index (χ0v) is 14.9. The third-order valence-corrected chi connectivity index (χ3v) is 4.89. The van der Waals surface area contributed by atoms with Crippen molar-refractivity contribution >= 4 is 32.5 Å². The number of carbonyl (C=O) groups is 1. The molecule has 0 bridgehead atoms. The molecule has 0 unspecified atom stereocenters. The first-order chi connectivity index (χ1) is 11.6. The Kier molecular flexibility index (Phi) is 4.81. The van der Waals surface area contributed by atoms with Gasteiger partial charge in [0.25, 0.3) is 0 Å². The van der Waals surface area contributed by atoms with E-state index in [0.717, 1.165) is 32.2 Å². The predicted octanol–water partition coefficient (Wildman–Crippen LogP) is 4.61. The number of rotatable bonds is 6. The monoisotopic (exact) mass is 340 g/mol. The minimum Gasteiger partial charge on any atom is -0.492 e. The van der Waals surface area contributed by atoms with Crippen LogP contribution in [0.4, 0.5) is 5.13 Å². The van der Waals surface area contributed by atoms with Gasteiger partial charge < -0.3 is 10.1 Å². The third kappa shape index (κ3) is 3.41. The van der Waals surface area contributed by atoms with Crippen LogP contribution < -0.4 is 10.1 Å². The fourth-order valence-electron chi connectivity index (χ4n) is 2.44. The summed E-state index contributed by atoms with van der Waals surface area (Å²) in [4.78, 5) is 16.9. The summed E-state index contributed by atoms with van der Waals surface area (Å²) in [6.45, 7) is 6.84. The van der Waals surface area contributed by atoms with Crippen LogP contribution in [0.25, 0.3) is 10.2 Å². The van der Waals surface area contributed by atoms with Gasteiger partial charge in [0.05, 0.1) is 17.9 Å². The summed E-state index contributed by atoms with van der Waals surface area (Å²) in [6.07, 6.45) is 0. The summed E-state index contributed by atoms with van der Waals surface area (Å²) >= 11 is 1.53. The van der Waals surface area contributed by atoms with Gasteiger partial charge in [-0.25, -0.2) is 4.98 Å². The molecule has 0 aliphatic carbocycles. The third-order valence-electron chi connectivity index (χ3n) is 3.91. The molecule has 0 aliphatic heterocycles. The first kappa shape index (κ1) is 16.5. The maximum absolute atomic E-state index is 12.4. The highest BCUT2D eigenvalue weighted by Gasteiger charge is 2.11. The number of ketones is 1. The second kappa shape index (κ2) is 7.01. The zero-order chi connectivity index (χ0) is 17.1. The van der Waals surface area contributed by atoms with E-state index in [1.54, 1.807) is 0 Å². The van der Waals surface area contributed by atoms with Crippen molar-refractivity contribution in [3.63, 3.8) is 0 Å². The van der Waals surface area contributed by atoms with Gasteiger partial charge in [0, 0.05) is 5.56 Å². The molecule has 2 aromatic carbocycles. The van der Waals surface area contributed by atoms with Gasteiger partial charge in [0.1, 0.15) is 11.3 Å². The topological polar surface area (TPSA) is 51.2 Å². The highest BCUT2D eigenvalue weighted by atomic mass is 32.1. The molecule has 3 rings (SSSR count). The molecule has 3 aromatic rings. The highest BCUT2D eigenvalue weighted by molar-refractivity contribution is 7.22. The molecule has 0 radical (unpaired) electrons. The lowest BCUT2D eigenvalue weighted by Crippen LogP contribution is -2.14. The number of aryl methyl sites for hydroxylation is 2. The lowest BCUT2D eigenvalue weighted by molar-refractivity contribution is 0.101. The van der Waals surface area contributed by atoms with Crippen LogP contribution in [-0.2, 0) is 0 Å². The molecule has 0 aliphatic rings. The van der Waals surface area contributed by atoms with Crippen molar-refractivity contribution in [2.75, 3.05) is 18.5 Å². The van der Waals surface area contributed by atoms with Gasteiger partial charge in [0.2, 0.25) is 0 Å². The van der Waals surface area contributed by atoms with E-state index < -0.39 is 0 Å². The molecule has 0 atom stereocenters. The van der Waals surface area contributed by atoms with E-state index in [2.05, 4.69) is 10.3 Å². The number of hydrogen-bond acceptors (Lipinski definition) is 5. The molecule has 0 saturated heterocycles. The van der Waals surface area contributed by atoms with Crippen LogP contribution in [0.5, 0.6) is 5.75 Å². The average Bonchev–Trinajstić information content (AvgIpc) is 2.99. The summed E-state index contributed by atoms with van der Waals surface area (Å²) < 4.78 is 6.64. The Bertz CT molecular complexity index is 886. The van der Waals surface area contributed by atoms with Gasteiger partial charge >= 0.3 is 0 Å². The van der Waals surface area contributed by atoms with Crippen LogP contribution in [0, 0.1) is 13.8 Å². The van der Waals surface area contributed by atoms with Crippen molar-refractivity contribution in [1.29, 1.82) is 0 Å².